The van der Waals surface area contributed by atoms with Crippen LogP contribution in [-0.2, 0) is 9.53 Å². The Kier molecular flexibility index (Phi) is 2.22. The lowest BCUT2D eigenvalue weighted by Gasteiger charge is -1.98. The SMILES string of the molecule is Cc1nc(SC2CCOC2=O)n[nH]1. The molecule has 5 nitrogen and oxygen atoms in total. The second-order valence-corrected chi connectivity index (χ2v) is 3.94. The highest BCUT2D eigenvalue weighted by atomic mass is 32.2. The van der Waals surface area contributed by atoms with Crippen LogP contribution in [-0.4, -0.2) is 33.0 Å². The van der Waals surface area contributed by atoms with Gasteiger partial charge >= 0.3 is 5.97 Å². The van der Waals surface area contributed by atoms with Crippen LogP contribution in [0.2, 0.25) is 0 Å². The Morgan fingerprint density at radius 2 is 2.54 bits per heavy atom. The molecule has 1 aliphatic rings. The zero-order valence-corrected chi connectivity index (χ0v) is 7.93. The molecule has 1 aliphatic heterocycles. The highest BCUT2D eigenvalue weighted by Gasteiger charge is 2.28. The van der Waals surface area contributed by atoms with Crippen LogP contribution >= 0.6 is 11.8 Å². The van der Waals surface area contributed by atoms with Gasteiger partial charge in [-0.1, -0.05) is 11.8 Å². The first-order valence-electron chi connectivity index (χ1n) is 3.98. The minimum absolute atomic E-state index is 0.129. The maximum absolute atomic E-state index is 11.1. The van der Waals surface area contributed by atoms with Crippen molar-refractivity contribution in [1.29, 1.82) is 0 Å². The molecule has 2 rings (SSSR count). The summed E-state index contributed by atoms with van der Waals surface area (Å²) in [7, 11) is 0. The lowest BCUT2D eigenvalue weighted by Crippen LogP contribution is -2.09. The largest absolute Gasteiger partial charge is 0.465 e. The van der Waals surface area contributed by atoms with E-state index >= 15 is 0 Å². The van der Waals surface area contributed by atoms with Crippen LogP contribution in [0, 0.1) is 6.92 Å². The number of rotatable bonds is 2. The maximum Gasteiger partial charge on any atom is 0.319 e. The zero-order chi connectivity index (χ0) is 9.26. The highest BCUT2D eigenvalue weighted by molar-refractivity contribution is 8.00. The van der Waals surface area contributed by atoms with E-state index in [0.29, 0.717) is 11.8 Å². The van der Waals surface area contributed by atoms with Crippen LogP contribution in [0.4, 0.5) is 0 Å². The van der Waals surface area contributed by atoms with Gasteiger partial charge in [0, 0.05) is 6.42 Å². The molecule has 0 amide bonds. The van der Waals surface area contributed by atoms with E-state index in [9.17, 15) is 4.79 Å². The van der Waals surface area contributed by atoms with Crippen molar-refractivity contribution in [3.8, 4) is 0 Å². The number of esters is 1. The minimum Gasteiger partial charge on any atom is -0.465 e. The van der Waals surface area contributed by atoms with Crippen molar-refractivity contribution in [2.24, 2.45) is 0 Å². The third-order valence-electron chi connectivity index (χ3n) is 1.71. The first kappa shape index (κ1) is 8.55. The lowest BCUT2D eigenvalue weighted by atomic mass is 10.4. The van der Waals surface area contributed by atoms with Crippen molar-refractivity contribution in [2.75, 3.05) is 6.61 Å². The van der Waals surface area contributed by atoms with Crippen LogP contribution < -0.4 is 0 Å². The molecule has 1 unspecified atom stereocenters. The number of ether oxygens (including phenoxy) is 1. The van der Waals surface area contributed by atoms with E-state index < -0.39 is 0 Å². The van der Waals surface area contributed by atoms with E-state index in [0.717, 1.165) is 12.2 Å². The number of cyclic esters (lactones) is 1. The molecule has 1 atom stereocenters. The summed E-state index contributed by atoms with van der Waals surface area (Å²) in [5.74, 6) is 0.598. The number of thioether (sulfide) groups is 1. The average molecular weight is 199 g/mol. The van der Waals surface area contributed by atoms with Gasteiger partial charge in [-0.15, -0.1) is 5.10 Å². The number of aromatic amines is 1. The maximum atomic E-state index is 11.1. The van der Waals surface area contributed by atoms with E-state index in [1.54, 1.807) is 0 Å². The fourth-order valence-corrected chi connectivity index (χ4v) is 2.01. The predicted molar refractivity (Wildman–Crippen MR) is 46.3 cm³/mol. The van der Waals surface area contributed by atoms with Crippen LogP contribution in [0.3, 0.4) is 0 Å². The smallest absolute Gasteiger partial charge is 0.319 e. The molecule has 2 heterocycles. The zero-order valence-electron chi connectivity index (χ0n) is 7.11. The predicted octanol–water partition coefficient (Wildman–Crippen LogP) is 0.521. The molecule has 70 valence electrons. The number of hydrogen-bond acceptors (Lipinski definition) is 5. The number of H-pyrrole nitrogens is 1. The van der Waals surface area contributed by atoms with E-state index in [1.165, 1.54) is 11.8 Å². The van der Waals surface area contributed by atoms with E-state index in [1.807, 2.05) is 6.92 Å². The molecule has 0 aromatic carbocycles. The summed E-state index contributed by atoms with van der Waals surface area (Å²) in [6.07, 6.45) is 0.747. The van der Waals surface area contributed by atoms with Crippen molar-refractivity contribution < 1.29 is 9.53 Å². The van der Waals surface area contributed by atoms with E-state index in [-0.39, 0.29) is 11.2 Å². The summed E-state index contributed by atoms with van der Waals surface area (Å²) >= 11 is 1.35. The molecule has 1 N–H and O–H groups in total. The van der Waals surface area contributed by atoms with Crippen molar-refractivity contribution in [3.05, 3.63) is 5.82 Å². The summed E-state index contributed by atoms with van der Waals surface area (Å²) in [4.78, 5) is 15.2. The number of hydrogen-bond donors (Lipinski definition) is 1. The molecule has 0 aliphatic carbocycles. The quantitative estimate of drug-likeness (QED) is 0.703. The number of nitrogens with zero attached hydrogens (tertiary/aromatic N) is 2. The summed E-state index contributed by atoms with van der Waals surface area (Å²) in [5.41, 5.74) is 0. The van der Waals surface area contributed by atoms with Crippen molar-refractivity contribution in [2.45, 2.75) is 23.8 Å². The molecule has 1 aromatic rings. The van der Waals surface area contributed by atoms with Gasteiger partial charge in [-0.2, -0.15) is 0 Å². The van der Waals surface area contributed by atoms with Crippen LogP contribution in [0.25, 0.3) is 0 Å². The first-order chi connectivity index (χ1) is 6.25. The summed E-state index contributed by atoms with van der Waals surface area (Å²) in [6, 6.07) is 0. The third kappa shape index (κ3) is 1.82. The normalized spacial score (nSPS) is 21.9. The topological polar surface area (TPSA) is 67.9 Å². The Balaban J connectivity index is 2.01. The van der Waals surface area contributed by atoms with Gasteiger partial charge in [-0.05, 0) is 6.92 Å². The molecule has 1 saturated heterocycles. The second-order valence-electron chi connectivity index (χ2n) is 2.77. The molecule has 1 aromatic heterocycles. The Morgan fingerprint density at radius 1 is 1.69 bits per heavy atom. The summed E-state index contributed by atoms with van der Waals surface area (Å²) in [6.45, 7) is 2.34. The van der Waals surface area contributed by atoms with Gasteiger partial charge in [0.25, 0.3) is 0 Å². The Labute approximate surface area is 79.3 Å². The monoisotopic (exact) mass is 199 g/mol. The van der Waals surface area contributed by atoms with Crippen LogP contribution in [0.5, 0.6) is 0 Å². The van der Waals surface area contributed by atoms with Gasteiger partial charge < -0.3 is 4.74 Å². The van der Waals surface area contributed by atoms with Gasteiger partial charge in [0.1, 0.15) is 11.1 Å². The Hall–Kier alpha value is -1.04. The lowest BCUT2D eigenvalue weighted by molar-refractivity contribution is -0.137. The van der Waals surface area contributed by atoms with Crippen molar-refractivity contribution >= 4 is 17.7 Å². The van der Waals surface area contributed by atoms with Crippen molar-refractivity contribution in [3.63, 3.8) is 0 Å². The van der Waals surface area contributed by atoms with Gasteiger partial charge in [-0.25, -0.2) is 4.98 Å². The second kappa shape index (κ2) is 3.37. The van der Waals surface area contributed by atoms with Gasteiger partial charge in [0.15, 0.2) is 0 Å². The Bertz CT molecular complexity index is 325. The number of carbonyl (C=O) groups excluding carboxylic acids is 1. The number of aromatic nitrogens is 3. The molecule has 6 heteroatoms. The van der Waals surface area contributed by atoms with Gasteiger partial charge in [0.05, 0.1) is 6.61 Å². The molecule has 0 bridgehead atoms. The molecule has 0 saturated carbocycles. The Morgan fingerprint density at radius 3 is 3.08 bits per heavy atom. The molecular formula is C7H9N3O2S. The fourth-order valence-electron chi connectivity index (χ4n) is 1.09. The standard InChI is InChI=1S/C7H9N3O2S/c1-4-8-7(10-9-4)13-5-2-3-12-6(5)11/h5H,2-3H2,1H3,(H,8,9,10). The first-order valence-corrected chi connectivity index (χ1v) is 4.86. The van der Waals surface area contributed by atoms with Crippen LogP contribution in [0.1, 0.15) is 12.2 Å². The van der Waals surface area contributed by atoms with Gasteiger partial charge in [-0.3, -0.25) is 9.89 Å². The molecule has 0 spiro atoms. The molecule has 1 fully saturated rings. The summed E-state index contributed by atoms with van der Waals surface area (Å²) in [5, 5.41) is 7.14. The highest BCUT2D eigenvalue weighted by Crippen LogP contribution is 2.26. The molecular weight excluding hydrogens is 190 g/mol. The molecule has 0 radical (unpaired) electrons. The summed E-state index contributed by atoms with van der Waals surface area (Å²) < 4.78 is 4.82. The number of nitrogens with one attached hydrogen (secondary N) is 1. The fraction of sp³-hybridized carbons (Fsp3) is 0.571. The minimum atomic E-state index is -0.160. The van der Waals surface area contributed by atoms with Crippen LogP contribution in [0.15, 0.2) is 5.16 Å². The van der Waals surface area contributed by atoms with Crippen molar-refractivity contribution in [1.82, 2.24) is 15.2 Å². The van der Waals surface area contributed by atoms with E-state index in [4.69, 9.17) is 4.74 Å². The average Bonchev–Trinajstić information content (AvgIpc) is 2.64. The molecule has 13 heavy (non-hydrogen) atoms. The van der Waals surface area contributed by atoms with E-state index in [2.05, 4.69) is 15.2 Å². The third-order valence-corrected chi connectivity index (χ3v) is 2.82. The number of aryl methyl sites for hydroxylation is 1. The number of carbonyl (C=O) groups is 1. The van der Waals surface area contributed by atoms with Gasteiger partial charge in [0.2, 0.25) is 5.16 Å².